The van der Waals surface area contributed by atoms with Gasteiger partial charge in [0, 0.05) is 18.7 Å². The number of benzene rings is 2. The second-order valence-electron chi connectivity index (χ2n) is 7.55. The van der Waals surface area contributed by atoms with Crippen molar-refractivity contribution in [2.45, 2.75) is 6.61 Å². The maximum atomic E-state index is 13.8. The first-order valence-corrected chi connectivity index (χ1v) is 11.4. The summed E-state index contributed by atoms with van der Waals surface area (Å²) in [7, 11) is 1.47. The number of rotatable bonds is 7. The summed E-state index contributed by atoms with van der Waals surface area (Å²) in [6.07, 6.45) is 1.56. The molecule has 10 heteroatoms. The molecule has 2 aliphatic rings. The van der Waals surface area contributed by atoms with Gasteiger partial charge in [-0.1, -0.05) is 24.3 Å². The van der Waals surface area contributed by atoms with Crippen LogP contribution in [0.5, 0.6) is 11.5 Å². The van der Waals surface area contributed by atoms with Crippen LogP contribution in [0.1, 0.15) is 11.1 Å². The summed E-state index contributed by atoms with van der Waals surface area (Å²) in [5.74, 6) is -0.361. The van der Waals surface area contributed by atoms with Crippen LogP contribution in [-0.4, -0.2) is 66.8 Å². The number of hydrogen-bond donors (Lipinski definition) is 0. The summed E-state index contributed by atoms with van der Waals surface area (Å²) in [6.45, 7) is 1.49. The largest absolute Gasteiger partial charge is 0.493 e. The van der Waals surface area contributed by atoms with Crippen molar-refractivity contribution < 1.29 is 33.0 Å². The molecule has 0 unspecified atom stereocenters. The van der Waals surface area contributed by atoms with Crippen LogP contribution in [0.15, 0.2) is 47.4 Å². The van der Waals surface area contributed by atoms with E-state index < -0.39 is 11.1 Å². The molecule has 2 aliphatic heterocycles. The van der Waals surface area contributed by atoms with E-state index >= 15 is 0 Å². The molecule has 2 fully saturated rings. The van der Waals surface area contributed by atoms with Gasteiger partial charge in [-0.15, -0.1) is 0 Å². The SMILES string of the molecule is COc1cc(/C=C2/SC(=O)N(CC(=O)N3CCOCC3)C2=O)ccc1OCc1ccccc1F. The zero-order valence-electron chi connectivity index (χ0n) is 18.5. The Morgan fingerprint density at radius 3 is 2.65 bits per heavy atom. The van der Waals surface area contributed by atoms with Crippen LogP contribution in [0.25, 0.3) is 6.08 Å². The van der Waals surface area contributed by atoms with Crippen LogP contribution < -0.4 is 9.47 Å². The lowest BCUT2D eigenvalue weighted by atomic mass is 10.1. The van der Waals surface area contributed by atoms with E-state index in [2.05, 4.69) is 0 Å². The van der Waals surface area contributed by atoms with E-state index in [1.807, 2.05) is 0 Å². The second kappa shape index (κ2) is 10.7. The molecule has 0 aliphatic carbocycles. The minimum atomic E-state index is -0.518. The van der Waals surface area contributed by atoms with Crippen molar-refractivity contribution >= 4 is 34.9 Å². The first-order valence-electron chi connectivity index (χ1n) is 10.6. The number of methoxy groups -OCH3 is 1. The molecule has 2 aromatic carbocycles. The molecule has 178 valence electrons. The van der Waals surface area contributed by atoms with E-state index in [9.17, 15) is 18.8 Å². The molecule has 3 amide bonds. The average molecular weight is 487 g/mol. The van der Waals surface area contributed by atoms with Crippen LogP contribution in [-0.2, 0) is 20.9 Å². The van der Waals surface area contributed by atoms with E-state index in [-0.39, 0.29) is 29.8 Å². The first kappa shape index (κ1) is 23.8. The third-order valence-corrected chi connectivity index (χ3v) is 6.26. The maximum Gasteiger partial charge on any atom is 0.294 e. The topological polar surface area (TPSA) is 85.4 Å². The number of morpholine rings is 1. The zero-order chi connectivity index (χ0) is 24.1. The Kier molecular flexibility index (Phi) is 7.49. The monoisotopic (exact) mass is 486 g/mol. The van der Waals surface area contributed by atoms with Crippen molar-refractivity contribution in [3.05, 3.63) is 64.3 Å². The summed E-state index contributed by atoms with van der Waals surface area (Å²) >= 11 is 0.781. The van der Waals surface area contributed by atoms with Crippen molar-refractivity contribution in [1.29, 1.82) is 0 Å². The number of ether oxygens (including phenoxy) is 3. The van der Waals surface area contributed by atoms with Crippen molar-refractivity contribution in [1.82, 2.24) is 9.80 Å². The van der Waals surface area contributed by atoms with Gasteiger partial charge in [0.25, 0.3) is 11.1 Å². The quantitative estimate of drug-likeness (QED) is 0.555. The van der Waals surface area contributed by atoms with Gasteiger partial charge in [-0.3, -0.25) is 19.3 Å². The molecular formula is C24H23FN2O6S. The average Bonchev–Trinajstić information content (AvgIpc) is 3.11. The van der Waals surface area contributed by atoms with Gasteiger partial charge in [-0.05, 0) is 41.6 Å². The summed E-state index contributed by atoms with van der Waals surface area (Å²) < 4.78 is 30.1. The fourth-order valence-electron chi connectivity index (χ4n) is 3.50. The summed E-state index contributed by atoms with van der Waals surface area (Å²) in [6, 6.07) is 11.3. The third-order valence-electron chi connectivity index (χ3n) is 5.36. The molecule has 0 saturated carbocycles. The number of halogens is 1. The molecule has 2 heterocycles. The normalized spacial score (nSPS) is 17.4. The number of imide groups is 1. The number of carbonyl (C=O) groups excluding carboxylic acids is 3. The Hall–Kier alpha value is -3.37. The highest BCUT2D eigenvalue weighted by atomic mass is 32.2. The molecule has 0 bridgehead atoms. The minimum Gasteiger partial charge on any atom is -0.493 e. The molecule has 4 rings (SSSR count). The van der Waals surface area contributed by atoms with Gasteiger partial charge >= 0.3 is 0 Å². The number of amides is 3. The van der Waals surface area contributed by atoms with E-state index in [1.165, 1.54) is 13.2 Å². The van der Waals surface area contributed by atoms with E-state index in [1.54, 1.807) is 47.4 Å². The second-order valence-corrected chi connectivity index (χ2v) is 8.54. The van der Waals surface area contributed by atoms with Crippen LogP contribution >= 0.6 is 11.8 Å². The lowest BCUT2D eigenvalue weighted by Crippen LogP contribution is -2.46. The predicted octanol–water partition coefficient (Wildman–Crippen LogP) is 3.31. The fourth-order valence-corrected chi connectivity index (χ4v) is 4.34. The number of carbonyl (C=O) groups is 3. The van der Waals surface area contributed by atoms with E-state index in [0.717, 1.165) is 16.7 Å². The van der Waals surface area contributed by atoms with E-state index in [0.29, 0.717) is 48.9 Å². The Morgan fingerprint density at radius 1 is 1.15 bits per heavy atom. The Morgan fingerprint density at radius 2 is 1.91 bits per heavy atom. The first-order chi connectivity index (χ1) is 16.5. The molecule has 0 atom stereocenters. The van der Waals surface area contributed by atoms with Gasteiger partial charge in [0.05, 0.1) is 25.2 Å². The Bertz CT molecular complexity index is 1130. The van der Waals surface area contributed by atoms with Crippen molar-refractivity contribution in [2.24, 2.45) is 0 Å². The number of thioether (sulfide) groups is 1. The molecule has 8 nitrogen and oxygen atoms in total. The maximum absolute atomic E-state index is 13.8. The van der Waals surface area contributed by atoms with E-state index in [4.69, 9.17) is 14.2 Å². The highest BCUT2D eigenvalue weighted by Crippen LogP contribution is 2.35. The molecular weight excluding hydrogens is 463 g/mol. The van der Waals surface area contributed by atoms with Gasteiger partial charge in [0.2, 0.25) is 5.91 Å². The minimum absolute atomic E-state index is 0.0262. The summed E-state index contributed by atoms with van der Waals surface area (Å²) in [5, 5.41) is -0.491. The zero-order valence-corrected chi connectivity index (χ0v) is 19.3. The third kappa shape index (κ3) is 5.40. The highest BCUT2D eigenvalue weighted by molar-refractivity contribution is 8.18. The molecule has 2 aromatic rings. The fraction of sp³-hybridized carbons (Fsp3) is 0.292. The number of hydrogen-bond acceptors (Lipinski definition) is 7. The molecule has 0 radical (unpaired) electrons. The van der Waals surface area contributed by atoms with Gasteiger partial charge in [-0.25, -0.2) is 4.39 Å². The van der Waals surface area contributed by atoms with Crippen LogP contribution in [0.4, 0.5) is 9.18 Å². The molecule has 0 aromatic heterocycles. The Labute approximate surface area is 200 Å². The van der Waals surface area contributed by atoms with Crippen LogP contribution in [0.3, 0.4) is 0 Å². The van der Waals surface area contributed by atoms with Gasteiger partial charge < -0.3 is 19.1 Å². The van der Waals surface area contributed by atoms with Crippen LogP contribution in [0.2, 0.25) is 0 Å². The number of nitrogens with zero attached hydrogens (tertiary/aromatic N) is 2. The lowest BCUT2D eigenvalue weighted by Gasteiger charge is -2.28. The molecule has 34 heavy (non-hydrogen) atoms. The predicted molar refractivity (Wildman–Crippen MR) is 124 cm³/mol. The summed E-state index contributed by atoms with van der Waals surface area (Å²) in [4.78, 5) is 40.4. The van der Waals surface area contributed by atoms with Crippen molar-refractivity contribution in [2.75, 3.05) is 40.0 Å². The lowest BCUT2D eigenvalue weighted by molar-refractivity contribution is -0.139. The summed E-state index contributed by atoms with van der Waals surface area (Å²) in [5.41, 5.74) is 1.02. The molecule has 0 spiro atoms. The standard InChI is InChI=1S/C24H23FN2O6S/c1-31-20-12-16(6-7-19(20)33-15-17-4-2-3-5-18(17)25)13-21-23(29)27(24(30)34-21)14-22(28)26-8-10-32-11-9-26/h2-7,12-13H,8-11,14-15H2,1H3/b21-13+. The van der Waals surface area contributed by atoms with Gasteiger partial charge in [0.1, 0.15) is 19.0 Å². The Balaban J connectivity index is 1.44. The van der Waals surface area contributed by atoms with Crippen molar-refractivity contribution in [3.63, 3.8) is 0 Å². The molecule has 2 saturated heterocycles. The van der Waals surface area contributed by atoms with Crippen molar-refractivity contribution in [3.8, 4) is 11.5 Å². The molecule has 0 N–H and O–H groups in total. The van der Waals surface area contributed by atoms with Gasteiger partial charge in [-0.2, -0.15) is 0 Å². The highest BCUT2D eigenvalue weighted by Gasteiger charge is 2.37. The van der Waals surface area contributed by atoms with Gasteiger partial charge in [0.15, 0.2) is 11.5 Å². The smallest absolute Gasteiger partial charge is 0.294 e. The van der Waals surface area contributed by atoms with Crippen LogP contribution in [0, 0.1) is 5.82 Å².